The van der Waals surface area contributed by atoms with Crippen molar-refractivity contribution in [1.82, 2.24) is 0 Å². The molecule has 0 fully saturated rings. The van der Waals surface area contributed by atoms with Gasteiger partial charge < -0.3 is 14.6 Å². The lowest BCUT2D eigenvalue weighted by atomic mass is 10.1. The van der Waals surface area contributed by atoms with Crippen molar-refractivity contribution in [2.24, 2.45) is 0 Å². The molecule has 1 aromatic carbocycles. The fraction of sp³-hybridized carbons (Fsp3) is 0.154. The maximum Gasteiger partial charge on any atom is 0.372 e. The monoisotopic (exact) mass is 232 g/mol. The van der Waals surface area contributed by atoms with E-state index in [0.717, 1.165) is 5.56 Å². The average molecular weight is 232 g/mol. The van der Waals surface area contributed by atoms with E-state index in [0.29, 0.717) is 17.7 Å². The number of carboxylic acids is 1. The highest BCUT2D eigenvalue weighted by molar-refractivity contribution is 5.86. The first-order valence-corrected chi connectivity index (χ1v) is 5.20. The van der Waals surface area contributed by atoms with Crippen LogP contribution < -0.4 is 0 Å². The SMILES string of the molecule is O=C(O)c1oc(Cc2ccccc2)cc1CO. The van der Waals surface area contributed by atoms with Crippen LogP contribution >= 0.6 is 0 Å². The highest BCUT2D eigenvalue weighted by atomic mass is 16.4. The van der Waals surface area contributed by atoms with Gasteiger partial charge in [0.25, 0.3) is 0 Å². The molecule has 2 aromatic rings. The van der Waals surface area contributed by atoms with Gasteiger partial charge in [-0.3, -0.25) is 0 Å². The molecular weight excluding hydrogens is 220 g/mol. The lowest BCUT2D eigenvalue weighted by molar-refractivity contribution is 0.0656. The summed E-state index contributed by atoms with van der Waals surface area (Å²) in [7, 11) is 0. The van der Waals surface area contributed by atoms with E-state index in [1.165, 1.54) is 0 Å². The molecular formula is C13H12O4. The molecule has 17 heavy (non-hydrogen) atoms. The molecule has 0 saturated heterocycles. The van der Waals surface area contributed by atoms with Gasteiger partial charge in [0.1, 0.15) is 5.76 Å². The minimum atomic E-state index is -1.16. The Morgan fingerprint density at radius 3 is 2.47 bits per heavy atom. The zero-order valence-electron chi connectivity index (χ0n) is 9.09. The number of hydrogen-bond donors (Lipinski definition) is 2. The van der Waals surface area contributed by atoms with Crippen molar-refractivity contribution in [3.05, 3.63) is 59.0 Å². The summed E-state index contributed by atoms with van der Waals surface area (Å²) in [6.45, 7) is -0.333. The van der Waals surface area contributed by atoms with Crippen molar-refractivity contribution in [2.75, 3.05) is 0 Å². The van der Waals surface area contributed by atoms with Gasteiger partial charge in [-0.05, 0) is 11.6 Å². The molecule has 0 aliphatic carbocycles. The summed E-state index contributed by atoms with van der Waals surface area (Å²) in [5, 5.41) is 17.9. The highest BCUT2D eigenvalue weighted by Crippen LogP contribution is 2.18. The normalized spacial score (nSPS) is 10.4. The fourth-order valence-electron chi connectivity index (χ4n) is 1.67. The topological polar surface area (TPSA) is 70.7 Å². The third kappa shape index (κ3) is 2.54. The minimum absolute atomic E-state index is 0.182. The van der Waals surface area contributed by atoms with Crippen LogP contribution in [0.2, 0.25) is 0 Å². The number of benzene rings is 1. The van der Waals surface area contributed by atoms with Gasteiger partial charge in [-0.2, -0.15) is 0 Å². The summed E-state index contributed by atoms with van der Waals surface area (Å²) in [6.07, 6.45) is 0.515. The molecule has 2 N–H and O–H groups in total. The zero-order chi connectivity index (χ0) is 12.3. The molecule has 0 amide bonds. The standard InChI is InChI=1S/C13H12O4/c14-8-10-7-11(17-12(10)13(15)16)6-9-4-2-1-3-5-9/h1-5,7,14H,6,8H2,(H,15,16). The number of carbonyl (C=O) groups is 1. The fourth-order valence-corrected chi connectivity index (χ4v) is 1.67. The quantitative estimate of drug-likeness (QED) is 0.846. The van der Waals surface area contributed by atoms with Crippen molar-refractivity contribution >= 4 is 5.97 Å². The molecule has 1 heterocycles. The second-order valence-electron chi connectivity index (χ2n) is 3.69. The molecule has 0 unspecified atom stereocenters. The summed E-state index contributed by atoms with van der Waals surface area (Å²) in [5.41, 5.74) is 1.34. The Morgan fingerprint density at radius 2 is 1.94 bits per heavy atom. The third-order valence-electron chi connectivity index (χ3n) is 2.45. The number of carboxylic acid groups (broad SMARTS) is 1. The van der Waals surface area contributed by atoms with Gasteiger partial charge >= 0.3 is 5.97 Å². The molecule has 4 nitrogen and oxygen atoms in total. The summed E-state index contributed by atoms with van der Waals surface area (Å²) < 4.78 is 5.21. The Balaban J connectivity index is 2.26. The van der Waals surface area contributed by atoms with Gasteiger partial charge in [-0.15, -0.1) is 0 Å². The number of hydrogen-bond acceptors (Lipinski definition) is 3. The Morgan fingerprint density at radius 1 is 1.24 bits per heavy atom. The van der Waals surface area contributed by atoms with E-state index in [9.17, 15) is 4.79 Å². The predicted molar refractivity (Wildman–Crippen MR) is 60.8 cm³/mol. The first-order chi connectivity index (χ1) is 8.20. The van der Waals surface area contributed by atoms with Gasteiger partial charge in [-0.25, -0.2) is 4.79 Å². The zero-order valence-corrected chi connectivity index (χ0v) is 9.09. The van der Waals surface area contributed by atoms with E-state index in [1.807, 2.05) is 30.3 Å². The number of aliphatic hydroxyl groups excluding tert-OH is 1. The molecule has 0 radical (unpaired) electrons. The van der Waals surface area contributed by atoms with Crippen molar-refractivity contribution in [3.63, 3.8) is 0 Å². The maximum absolute atomic E-state index is 10.8. The Hall–Kier alpha value is -2.07. The van der Waals surface area contributed by atoms with Gasteiger partial charge in [0.15, 0.2) is 0 Å². The van der Waals surface area contributed by atoms with E-state index in [4.69, 9.17) is 14.6 Å². The van der Waals surface area contributed by atoms with Crippen LogP contribution in [0.3, 0.4) is 0 Å². The van der Waals surface area contributed by atoms with Crippen LogP contribution in [0.15, 0.2) is 40.8 Å². The second-order valence-corrected chi connectivity index (χ2v) is 3.69. The minimum Gasteiger partial charge on any atom is -0.475 e. The van der Waals surface area contributed by atoms with Crippen molar-refractivity contribution in [2.45, 2.75) is 13.0 Å². The number of aromatic carboxylic acids is 1. The third-order valence-corrected chi connectivity index (χ3v) is 2.45. The smallest absolute Gasteiger partial charge is 0.372 e. The van der Waals surface area contributed by atoms with E-state index in [1.54, 1.807) is 6.07 Å². The van der Waals surface area contributed by atoms with Crippen LogP contribution in [0.4, 0.5) is 0 Å². The molecule has 0 aliphatic heterocycles. The van der Waals surface area contributed by atoms with Gasteiger partial charge in [0.2, 0.25) is 5.76 Å². The summed E-state index contributed by atoms with van der Waals surface area (Å²) in [6, 6.07) is 11.2. The number of furan rings is 1. The highest BCUT2D eigenvalue weighted by Gasteiger charge is 2.16. The second kappa shape index (κ2) is 4.84. The van der Waals surface area contributed by atoms with Crippen LogP contribution in [-0.2, 0) is 13.0 Å². The molecule has 0 bridgehead atoms. The molecule has 1 aromatic heterocycles. The molecule has 0 spiro atoms. The molecule has 2 rings (SSSR count). The van der Waals surface area contributed by atoms with Crippen LogP contribution in [-0.4, -0.2) is 16.2 Å². The lowest BCUT2D eigenvalue weighted by Crippen LogP contribution is -1.98. The van der Waals surface area contributed by atoms with Crippen molar-refractivity contribution in [3.8, 4) is 0 Å². The maximum atomic E-state index is 10.8. The van der Waals surface area contributed by atoms with Crippen LogP contribution in [0.1, 0.15) is 27.4 Å². The Kier molecular flexibility index (Phi) is 3.25. The van der Waals surface area contributed by atoms with Crippen LogP contribution in [0, 0.1) is 0 Å². The summed E-state index contributed by atoms with van der Waals surface area (Å²) >= 11 is 0. The molecule has 0 atom stereocenters. The van der Waals surface area contributed by atoms with E-state index >= 15 is 0 Å². The van der Waals surface area contributed by atoms with E-state index in [2.05, 4.69) is 0 Å². The van der Waals surface area contributed by atoms with E-state index in [-0.39, 0.29) is 12.4 Å². The molecule has 0 aliphatic rings. The molecule has 0 saturated carbocycles. The summed E-state index contributed by atoms with van der Waals surface area (Å²) in [4.78, 5) is 10.8. The van der Waals surface area contributed by atoms with Crippen LogP contribution in [0.5, 0.6) is 0 Å². The van der Waals surface area contributed by atoms with Crippen molar-refractivity contribution < 1.29 is 19.4 Å². The predicted octanol–water partition coefficient (Wildman–Crippen LogP) is 2.06. The Labute approximate surface area is 98.1 Å². The summed E-state index contributed by atoms with van der Waals surface area (Å²) in [5.74, 6) is -0.801. The number of aliphatic hydroxyl groups is 1. The van der Waals surface area contributed by atoms with Crippen LogP contribution in [0.25, 0.3) is 0 Å². The van der Waals surface area contributed by atoms with Gasteiger partial charge in [0.05, 0.1) is 6.61 Å². The largest absolute Gasteiger partial charge is 0.475 e. The number of rotatable bonds is 4. The average Bonchev–Trinajstić information content (AvgIpc) is 2.73. The lowest BCUT2D eigenvalue weighted by Gasteiger charge is -1.96. The van der Waals surface area contributed by atoms with Crippen molar-refractivity contribution in [1.29, 1.82) is 0 Å². The first kappa shape index (κ1) is 11.4. The van der Waals surface area contributed by atoms with E-state index < -0.39 is 5.97 Å². The first-order valence-electron chi connectivity index (χ1n) is 5.20. The molecule has 4 heteroatoms. The van der Waals surface area contributed by atoms with Gasteiger partial charge in [0, 0.05) is 12.0 Å². The molecule has 88 valence electrons. The Bertz CT molecular complexity index is 513. The van der Waals surface area contributed by atoms with Gasteiger partial charge in [-0.1, -0.05) is 30.3 Å².